The summed E-state index contributed by atoms with van der Waals surface area (Å²) in [6.07, 6.45) is 0.0436. The summed E-state index contributed by atoms with van der Waals surface area (Å²) in [6, 6.07) is 20.6. The maximum atomic E-state index is 9.78. The minimum Gasteiger partial charge on any atom is -0.363 e. The lowest BCUT2D eigenvalue weighted by atomic mass is 10.1. The van der Waals surface area contributed by atoms with Crippen LogP contribution in [-0.4, -0.2) is 22.6 Å². The van der Waals surface area contributed by atoms with Crippen LogP contribution in [-0.2, 0) is 17.9 Å². The van der Waals surface area contributed by atoms with Gasteiger partial charge in [-0.1, -0.05) is 60.7 Å². The molecule has 0 saturated carbocycles. The van der Waals surface area contributed by atoms with Gasteiger partial charge < -0.3 is 5.11 Å². The number of rotatable bonds is 4. The van der Waals surface area contributed by atoms with Crippen molar-refractivity contribution in [3.8, 4) is 0 Å². The Bertz CT molecular complexity index is 500. The van der Waals surface area contributed by atoms with Gasteiger partial charge in [0.2, 0.25) is 6.29 Å². The van der Waals surface area contributed by atoms with Gasteiger partial charge in [-0.15, -0.1) is 0 Å². The van der Waals surface area contributed by atoms with Gasteiger partial charge in [0.1, 0.15) is 19.6 Å². The zero-order valence-corrected chi connectivity index (χ0v) is 11.5. The third-order valence-corrected chi connectivity index (χ3v) is 3.76. The second-order valence-corrected chi connectivity index (χ2v) is 5.42. The van der Waals surface area contributed by atoms with Crippen LogP contribution in [0, 0.1) is 0 Å². The van der Waals surface area contributed by atoms with Gasteiger partial charge in [-0.25, -0.2) is 0 Å². The molecular weight excluding hydrogens is 250 g/mol. The topological polar surface area (TPSA) is 29.5 Å². The molecule has 20 heavy (non-hydrogen) atoms. The van der Waals surface area contributed by atoms with Crippen LogP contribution in [0.15, 0.2) is 60.7 Å². The molecule has 0 spiro atoms. The fraction of sp³-hybridized carbons (Fsp3) is 0.294. The molecule has 0 aromatic heterocycles. The molecule has 104 valence electrons. The van der Waals surface area contributed by atoms with E-state index < -0.39 is 6.29 Å². The van der Waals surface area contributed by atoms with Crippen LogP contribution in [0.1, 0.15) is 17.5 Å². The molecule has 0 amide bonds. The molecular formula is C17H20NO2+. The van der Waals surface area contributed by atoms with Crippen molar-refractivity contribution >= 4 is 0 Å². The minimum atomic E-state index is -0.651. The van der Waals surface area contributed by atoms with Crippen molar-refractivity contribution < 1.29 is 14.6 Å². The summed E-state index contributed by atoms with van der Waals surface area (Å²) in [7, 11) is 0. The molecule has 0 radical (unpaired) electrons. The lowest BCUT2D eigenvalue weighted by molar-refractivity contribution is -1.12. The highest BCUT2D eigenvalue weighted by atomic mass is 16.8. The van der Waals surface area contributed by atoms with Crippen molar-refractivity contribution in [3.63, 3.8) is 0 Å². The Morgan fingerprint density at radius 1 is 0.900 bits per heavy atom. The van der Waals surface area contributed by atoms with E-state index in [4.69, 9.17) is 4.84 Å². The molecule has 1 heterocycles. The van der Waals surface area contributed by atoms with Crippen molar-refractivity contribution in [2.45, 2.75) is 25.8 Å². The molecule has 3 nitrogen and oxygen atoms in total. The van der Waals surface area contributed by atoms with Crippen LogP contribution in [0.25, 0.3) is 0 Å². The Hall–Kier alpha value is -1.68. The summed E-state index contributed by atoms with van der Waals surface area (Å²) in [5, 5.41) is 9.78. The van der Waals surface area contributed by atoms with Crippen molar-refractivity contribution in [1.82, 2.24) is 0 Å². The van der Waals surface area contributed by atoms with E-state index in [1.165, 1.54) is 11.1 Å². The highest BCUT2D eigenvalue weighted by molar-refractivity contribution is 5.15. The molecule has 3 rings (SSSR count). The van der Waals surface area contributed by atoms with Gasteiger partial charge >= 0.3 is 0 Å². The highest BCUT2D eigenvalue weighted by Crippen LogP contribution is 2.28. The first-order chi connectivity index (χ1) is 9.76. The van der Waals surface area contributed by atoms with Gasteiger partial charge in [-0.2, -0.15) is 9.48 Å². The predicted molar refractivity (Wildman–Crippen MR) is 77.1 cm³/mol. The van der Waals surface area contributed by atoms with Crippen molar-refractivity contribution in [3.05, 3.63) is 71.8 Å². The Morgan fingerprint density at radius 2 is 1.40 bits per heavy atom. The number of hydrogen-bond acceptors (Lipinski definition) is 2. The van der Waals surface area contributed by atoms with Crippen LogP contribution in [0.4, 0.5) is 0 Å². The molecule has 1 aliphatic heterocycles. The lowest BCUT2D eigenvalue weighted by Gasteiger charge is -2.30. The lowest BCUT2D eigenvalue weighted by Crippen LogP contribution is -2.43. The number of nitrogens with zero attached hydrogens (tertiary/aromatic N) is 1. The number of benzene rings is 2. The number of hydroxylamine groups is 3. The van der Waals surface area contributed by atoms with Gasteiger partial charge in [0.05, 0.1) is 6.42 Å². The predicted octanol–water partition coefficient (Wildman–Crippen LogP) is 2.86. The second kappa shape index (κ2) is 5.75. The molecule has 1 saturated heterocycles. The average molecular weight is 270 g/mol. The van der Waals surface area contributed by atoms with E-state index in [1.807, 2.05) is 36.4 Å². The maximum Gasteiger partial charge on any atom is 0.218 e. The fourth-order valence-corrected chi connectivity index (χ4v) is 2.83. The number of hydrogen-bond donors (Lipinski definition) is 1. The van der Waals surface area contributed by atoms with E-state index in [1.54, 1.807) is 0 Å². The van der Waals surface area contributed by atoms with Crippen LogP contribution in [0.2, 0.25) is 0 Å². The van der Waals surface area contributed by atoms with E-state index in [0.29, 0.717) is 11.1 Å². The molecule has 2 aromatic carbocycles. The standard InChI is InChI=1S/C17H20NO2/c19-17-11-12-18(20-17,13-15-7-3-1-4-8-15)14-16-9-5-2-6-10-16/h1-10,17,19H,11-14H2/q+1. The van der Waals surface area contributed by atoms with Gasteiger partial charge in [0.15, 0.2) is 0 Å². The molecule has 0 aliphatic carbocycles. The Morgan fingerprint density at radius 3 is 1.80 bits per heavy atom. The summed E-state index contributed by atoms with van der Waals surface area (Å²) >= 11 is 0. The molecule has 1 fully saturated rings. The highest BCUT2D eigenvalue weighted by Gasteiger charge is 2.40. The summed E-state index contributed by atoms with van der Waals surface area (Å²) in [6.45, 7) is 2.41. The largest absolute Gasteiger partial charge is 0.363 e. The third kappa shape index (κ3) is 3.07. The summed E-state index contributed by atoms with van der Waals surface area (Å²) < 4.78 is 0.467. The Labute approximate surface area is 119 Å². The summed E-state index contributed by atoms with van der Waals surface area (Å²) in [5.74, 6) is 0. The van der Waals surface area contributed by atoms with E-state index in [2.05, 4.69) is 24.3 Å². The van der Waals surface area contributed by atoms with Crippen molar-refractivity contribution in [1.29, 1.82) is 0 Å². The zero-order valence-electron chi connectivity index (χ0n) is 11.5. The quantitative estimate of drug-likeness (QED) is 0.866. The van der Waals surface area contributed by atoms with E-state index in [9.17, 15) is 5.11 Å². The zero-order chi connectivity index (χ0) is 13.8. The fourth-order valence-electron chi connectivity index (χ4n) is 2.83. The number of aliphatic hydroxyl groups is 1. The average Bonchev–Trinajstić information content (AvgIpc) is 2.82. The normalized spacial score (nSPS) is 20.9. The Kier molecular flexibility index (Phi) is 3.83. The monoisotopic (exact) mass is 270 g/mol. The van der Waals surface area contributed by atoms with Crippen molar-refractivity contribution in [2.24, 2.45) is 0 Å². The van der Waals surface area contributed by atoms with Crippen LogP contribution < -0.4 is 0 Å². The minimum absolute atomic E-state index is 0.467. The van der Waals surface area contributed by atoms with E-state index >= 15 is 0 Å². The first-order valence-corrected chi connectivity index (χ1v) is 7.06. The first kappa shape index (κ1) is 13.3. The third-order valence-electron chi connectivity index (χ3n) is 3.76. The molecule has 1 N–H and O–H groups in total. The maximum absolute atomic E-state index is 9.78. The van der Waals surface area contributed by atoms with Crippen LogP contribution in [0.3, 0.4) is 0 Å². The smallest absolute Gasteiger partial charge is 0.218 e. The van der Waals surface area contributed by atoms with E-state index in [0.717, 1.165) is 19.6 Å². The molecule has 0 bridgehead atoms. The second-order valence-electron chi connectivity index (χ2n) is 5.42. The van der Waals surface area contributed by atoms with Crippen molar-refractivity contribution in [2.75, 3.05) is 6.54 Å². The van der Waals surface area contributed by atoms with Crippen LogP contribution in [0.5, 0.6) is 0 Å². The number of quaternary nitrogens is 1. The SMILES string of the molecule is OC1CC[N+](Cc2ccccc2)(Cc2ccccc2)O1. The molecule has 1 aliphatic rings. The molecule has 1 unspecified atom stereocenters. The molecule has 2 aromatic rings. The number of aliphatic hydroxyl groups excluding tert-OH is 1. The van der Waals surface area contributed by atoms with Crippen LogP contribution >= 0.6 is 0 Å². The summed E-state index contributed by atoms with van der Waals surface area (Å²) in [5.41, 5.74) is 2.47. The van der Waals surface area contributed by atoms with Gasteiger partial charge in [0, 0.05) is 11.1 Å². The van der Waals surface area contributed by atoms with Gasteiger partial charge in [-0.3, -0.25) is 0 Å². The molecule has 1 atom stereocenters. The first-order valence-electron chi connectivity index (χ1n) is 7.06. The Balaban J connectivity index is 1.82. The summed E-state index contributed by atoms with van der Waals surface area (Å²) in [4.78, 5) is 5.85. The van der Waals surface area contributed by atoms with E-state index in [-0.39, 0.29) is 0 Å². The molecule has 3 heteroatoms. The van der Waals surface area contributed by atoms with Gasteiger partial charge in [0.25, 0.3) is 0 Å². The van der Waals surface area contributed by atoms with Gasteiger partial charge in [-0.05, 0) is 0 Å².